The number of halogens is 1. The van der Waals surface area contributed by atoms with Crippen molar-refractivity contribution in [3.8, 4) is 0 Å². The van der Waals surface area contributed by atoms with E-state index >= 15 is 0 Å². The van der Waals surface area contributed by atoms with Crippen LogP contribution in [0.1, 0.15) is 37.7 Å². The van der Waals surface area contributed by atoms with E-state index in [4.69, 9.17) is 5.73 Å². The third kappa shape index (κ3) is 5.03. The first-order valence-corrected chi connectivity index (χ1v) is 8.50. The zero-order valence-electron chi connectivity index (χ0n) is 14.0. The van der Waals surface area contributed by atoms with Gasteiger partial charge in [0.25, 0.3) is 0 Å². The Kier molecular flexibility index (Phi) is 6.56. The summed E-state index contributed by atoms with van der Waals surface area (Å²) < 4.78 is 0. The number of carbonyl (C=O) groups is 3. The molecule has 2 aliphatic rings. The van der Waals surface area contributed by atoms with Crippen LogP contribution in [-0.2, 0) is 20.8 Å². The molecule has 1 heterocycles. The lowest BCUT2D eigenvalue weighted by molar-refractivity contribution is -0.126. The first kappa shape index (κ1) is 19.4. The highest BCUT2D eigenvalue weighted by Gasteiger charge is 2.30. The molecule has 3 unspecified atom stereocenters. The lowest BCUT2D eigenvalue weighted by atomic mass is 9.85. The van der Waals surface area contributed by atoms with Gasteiger partial charge in [-0.05, 0) is 43.4 Å². The highest BCUT2D eigenvalue weighted by atomic mass is 35.5. The van der Waals surface area contributed by atoms with Gasteiger partial charge in [0.2, 0.25) is 17.7 Å². The summed E-state index contributed by atoms with van der Waals surface area (Å²) in [4.78, 5) is 35.1. The molecule has 1 aliphatic heterocycles. The van der Waals surface area contributed by atoms with Crippen LogP contribution in [0.4, 0.5) is 5.69 Å². The van der Waals surface area contributed by atoms with Gasteiger partial charge in [0.15, 0.2) is 0 Å². The van der Waals surface area contributed by atoms with Crippen molar-refractivity contribution >= 4 is 35.8 Å². The van der Waals surface area contributed by atoms with Crippen molar-refractivity contribution in [2.45, 2.75) is 44.6 Å². The summed E-state index contributed by atoms with van der Waals surface area (Å²) in [7, 11) is 0. The predicted octanol–water partition coefficient (Wildman–Crippen LogP) is 1.77. The molecule has 1 saturated carbocycles. The van der Waals surface area contributed by atoms with Crippen molar-refractivity contribution in [1.82, 2.24) is 5.32 Å². The molecular formula is C18H24ClN3O3. The molecule has 3 amide bonds. The topological polar surface area (TPSA) is 101 Å². The van der Waals surface area contributed by atoms with Crippen LogP contribution in [0, 0.1) is 11.8 Å². The summed E-state index contributed by atoms with van der Waals surface area (Å²) in [6.07, 6.45) is 4.41. The molecule has 1 aliphatic carbocycles. The van der Waals surface area contributed by atoms with Crippen LogP contribution < -0.4 is 16.4 Å². The van der Waals surface area contributed by atoms with E-state index < -0.39 is 0 Å². The van der Waals surface area contributed by atoms with Crippen molar-refractivity contribution in [2.75, 3.05) is 5.32 Å². The summed E-state index contributed by atoms with van der Waals surface area (Å²) in [6.45, 7) is 0. The van der Waals surface area contributed by atoms with Gasteiger partial charge < -0.3 is 11.1 Å². The highest BCUT2D eigenvalue weighted by molar-refractivity contribution is 6.03. The second-order valence-electron chi connectivity index (χ2n) is 6.83. The number of hydrogen-bond donors (Lipinski definition) is 3. The van der Waals surface area contributed by atoms with Crippen LogP contribution in [0.15, 0.2) is 24.3 Å². The number of anilines is 1. The molecular weight excluding hydrogens is 342 g/mol. The first-order valence-electron chi connectivity index (χ1n) is 8.50. The molecule has 0 radical (unpaired) electrons. The van der Waals surface area contributed by atoms with E-state index in [1.807, 2.05) is 24.3 Å². The lowest BCUT2D eigenvalue weighted by Crippen LogP contribution is -2.34. The van der Waals surface area contributed by atoms with E-state index in [0.29, 0.717) is 6.42 Å². The second kappa shape index (κ2) is 8.45. The van der Waals surface area contributed by atoms with Crippen molar-refractivity contribution in [2.24, 2.45) is 17.6 Å². The Labute approximate surface area is 153 Å². The fourth-order valence-electron chi connectivity index (χ4n) is 3.49. The van der Waals surface area contributed by atoms with Gasteiger partial charge in [0.05, 0.1) is 5.92 Å². The fourth-order valence-corrected chi connectivity index (χ4v) is 3.49. The van der Waals surface area contributed by atoms with Gasteiger partial charge in [-0.1, -0.05) is 18.6 Å². The molecule has 0 spiro atoms. The molecule has 7 heteroatoms. The van der Waals surface area contributed by atoms with Crippen molar-refractivity contribution in [3.05, 3.63) is 29.8 Å². The SMILES string of the molecule is Cl.NC1CCCC(C(=O)Nc2ccc(CC3CC(=O)NC3=O)cc2)C1. The van der Waals surface area contributed by atoms with Gasteiger partial charge >= 0.3 is 0 Å². The van der Waals surface area contributed by atoms with Gasteiger partial charge in [-0.2, -0.15) is 0 Å². The Morgan fingerprint density at radius 2 is 1.92 bits per heavy atom. The average Bonchev–Trinajstić information content (AvgIpc) is 2.87. The van der Waals surface area contributed by atoms with Crippen LogP contribution in [0.2, 0.25) is 0 Å². The number of benzene rings is 1. The maximum atomic E-state index is 12.3. The molecule has 1 saturated heterocycles. The third-order valence-corrected chi connectivity index (χ3v) is 4.85. The fraction of sp³-hybridized carbons (Fsp3) is 0.500. The maximum Gasteiger partial charge on any atom is 0.230 e. The van der Waals surface area contributed by atoms with Crippen molar-refractivity contribution in [1.29, 1.82) is 0 Å². The number of imide groups is 1. The van der Waals surface area contributed by atoms with Crippen LogP contribution in [-0.4, -0.2) is 23.8 Å². The van der Waals surface area contributed by atoms with E-state index in [9.17, 15) is 14.4 Å². The Hall–Kier alpha value is -1.92. The Morgan fingerprint density at radius 1 is 1.20 bits per heavy atom. The Morgan fingerprint density at radius 3 is 2.52 bits per heavy atom. The Bertz CT molecular complexity index is 647. The van der Waals surface area contributed by atoms with Gasteiger partial charge in [0, 0.05) is 24.1 Å². The highest BCUT2D eigenvalue weighted by Crippen LogP contribution is 2.25. The van der Waals surface area contributed by atoms with Gasteiger partial charge in [-0.15, -0.1) is 12.4 Å². The molecule has 136 valence electrons. The molecule has 1 aromatic rings. The molecule has 1 aromatic carbocycles. The number of amides is 3. The normalized spacial score (nSPS) is 25.9. The molecule has 0 aromatic heterocycles. The number of nitrogens with two attached hydrogens (primary N) is 1. The summed E-state index contributed by atoms with van der Waals surface area (Å²) in [5, 5.41) is 5.26. The third-order valence-electron chi connectivity index (χ3n) is 4.85. The molecule has 3 atom stereocenters. The predicted molar refractivity (Wildman–Crippen MR) is 97.2 cm³/mol. The summed E-state index contributed by atoms with van der Waals surface area (Å²) in [5.41, 5.74) is 7.66. The maximum absolute atomic E-state index is 12.3. The van der Waals surface area contributed by atoms with Crippen LogP contribution in [0.3, 0.4) is 0 Å². The number of rotatable bonds is 4. The largest absolute Gasteiger partial charge is 0.328 e. The monoisotopic (exact) mass is 365 g/mol. The number of carbonyl (C=O) groups excluding carboxylic acids is 3. The minimum Gasteiger partial charge on any atom is -0.328 e. The molecule has 25 heavy (non-hydrogen) atoms. The first-order chi connectivity index (χ1) is 11.5. The molecule has 2 fully saturated rings. The summed E-state index contributed by atoms with van der Waals surface area (Å²) >= 11 is 0. The van der Waals surface area contributed by atoms with E-state index in [1.54, 1.807) is 0 Å². The zero-order valence-corrected chi connectivity index (χ0v) is 14.8. The molecule has 0 bridgehead atoms. The van der Waals surface area contributed by atoms with E-state index in [2.05, 4.69) is 10.6 Å². The second-order valence-corrected chi connectivity index (χ2v) is 6.83. The minimum absolute atomic E-state index is 0. The smallest absolute Gasteiger partial charge is 0.230 e. The molecule has 6 nitrogen and oxygen atoms in total. The Balaban J connectivity index is 0.00000225. The molecule has 3 rings (SSSR count). The minimum atomic E-state index is -0.290. The average molecular weight is 366 g/mol. The standard InChI is InChI=1S/C18H23N3O3.ClH/c19-14-3-1-2-12(9-14)17(23)20-15-6-4-11(5-7-15)8-13-10-16(22)21-18(13)24;/h4-7,12-14H,1-3,8-10,19H2,(H,20,23)(H,21,22,24);1H. The number of nitrogens with one attached hydrogen (secondary N) is 2. The van der Waals surface area contributed by atoms with Crippen LogP contribution >= 0.6 is 12.4 Å². The molecule has 4 N–H and O–H groups in total. The van der Waals surface area contributed by atoms with E-state index in [1.165, 1.54) is 0 Å². The van der Waals surface area contributed by atoms with Crippen LogP contribution in [0.25, 0.3) is 0 Å². The quantitative estimate of drug-likeness (QED) is 0.708. The van der Waals surface area contributed by atoms with Gasteiger partial charge in [-0.25, -0.2) is 0 Å². The van der Waals surface area contributed by atoms with Gasteiger partial charge in [0.1, 0.15) is 0 Å². The van der Waals surface area contributed by atoms with Gasteiger partial charge in [-0.3, -0.25) is 19.7 Å². The zero-order chi connectivity index (χ0) is 17.1. The summed E-state index contributed by atoms with van der Waals surface area (Å²) in [5.74, 6) is -0.687. The van der Waals surface area contributed by atoms with E-state index in [0.717, 1.165) is 36.9 Å². The van der Waals surface area contributed by atoms with Crippen molar-refractivity contribution < 1.29 is 14.4 Å². The summed E-state index contributed by atoms with van der Waals surface area (Å²) in [6, 6.07) is 7.57. The number of hydrogen-bond acceptors (Lipinski definition) is 4. The van der Waals surface area contributed by atoms with Crippen molar-refractivity contribution in [3.63, 3.8) is 0 Å². The lowest BCUT2D eigenvalue weighted by Gasteiger charge is -2.25. The van der Waals surface area contributed by atoms with E-state index in [-0.39, 0.29) is 54.4 Å². The van der Waals surface area contributed by atoms with Crippen LogP contribution in [0.5, 0.6) is 0 Å².